The van der Waals surface area contributed by atoms with E-state index in [2.05, 4.69) is 53.8 Å². The van der Waals surface area contributed by atoms with Crippen LogP contribution in [0.15, 0.2) is 24.3 Å². The van der Waals surface area contributed by atoms with Crippen molar-refractivity contribution in [1.82, 2.24) is 0 Å². The lowest BCUT2D eigenvalue weighted by Gasteiger charge is -2.11. The molecule has 0 saturated heterocycles. The molecule has 1 rings (SSSR count). The number of rotatable bonds is 6. The predicted octanol–water partition coefficient (Wildman–Crippen LogP) is 4.26. The molecule has 2 N–H and O–H groups in total. The first-order valence-electron chi connectivity index (χ1n) is 5.75. The van der Waals surface area contributed by atoms with Crippen LogP contribution in [0.5, 0.6) is 0 Å². The maximum atomic E-state index is 6.12. The van der Waals surface area contributed by atoms with E-state index < -0.39 is 0 Å². The minimum Gasteiger partial charge on any atom is -0.324 e. The Morgan fingerprint density at radius 1 is 1.13 bits per heavy atom. The Kier molecular flexibility index (Phi) is 6.25. The Morgan fingerprint density at radius 2 is 1.80 bits per heavy atom. The quantitative estimate of drug-likeness (QED) is 0.616. The van der Waals surface area contributed by atoms with Gasteiger partial charge in [-0.1, -0.05) is 44.7 Å². The van der Waals surface area contributed by atoms with Crippen LogP contribution in [0.25, 0.3) is 0 Å². The molecule has 1 aromatic rings. The summed E-state index contributed by atoms with van der Waals surface area (Å²) in [5, 5.41) is 0. The summed E-state index contributed by atoms with van der Waals surface area (Å²) in [4.78, 5) is 0. The van der Waals surface area contributed by atoms with Gasteiger partial charge in [0, 0.05) is 9.61 Å². The number of hydrogen-bond acceptors (Lipinski definition) is 1. The first-order valence-corrected chi connectivity index (χ1v) is 6.83. The van der Waals surface area contributed by atoms with E-state index in [4.69, 9.17) is 5.73 Å². The van der Waals surface area contributed by atoms with Crippen LogP contribution in [0.4, 0.5) is 0 Å². The predicted molar refractivity (Wildman–Crippen MR) is 74.8 cm³/mol. The molecule has 0 aliphatic rings. The highest BCUT2D eigenvalue weighted by Gasteiger charge is 2.04. The third-order valence-electron chi connectivity index (χ3n) is 2.67. The molecule has 0 fully saturated rings. The summed E-state index contributed by atoms with van der Waals surface area (Å²) >= 11 is 2.32. The lowest BCUT2D eigenvalue weighted by molar-refractivity contribution is 0.566. The molecule has 1 aromatic carbocycles. The zero-order chi connectivity index (χ0) is 11.1. The van der Waals surface area contributed by atoms with Gasteiger partial charge in [0.1, 0.15) is 0 Å². The Morgan fingerprint density at radius 3 is 2.40 bits per heavy atom. The van der Waals surface area contributed by atoms with Crippen LogP contribution in [0.1, 0.15) is 50.6 Å². The number of halogens is 1. The molecular formula is C13H20IN. The molecule has 1 atom stereocenters. The number of benzene rings is 1. The van der Waals surface area contributed by atoms with Gasteiger partial charge in [-0.25, -0.2) is 0 Å². The number of nitrogens with two attached hydrogens (primary N) is 1. The van der Waals surface area contributed by atoms with Gasteiger partial charge in [-0.05, 0) is 46.7 Å². The molecule has 0 amide bonds. The zero-order valence-electron chi connectivity index (χ0n) is 9.38. The molecular weight excluding hydrogens is 297 g/mol. The molecule has 1 nitrogen and oxygen atoms in total. The van der Waals surface area contributed by atoms with E-state index in [1.165, 1.54) is 34.8 Å². The molecule has 0 aliphatic carbocycles. The highest BCUT2D eigenvalue weighted by molar-refractivity contribution is 14.1. The summed E-state index contributed by atoms with van der Waals surface area (Å²) < 4.78 is 1.27. The van der Waals surface area contributed by atoms with Crippen molar-refractivity contribution in [3.63, 3.8) is 0 Å². The monoisotopic (exact) mass is 317 g/mol. The maximum Gasteiger partial charge on any atom is 0.0294 e. The smallest absolute Gasteiger partial charge is 0.0294 e. The van der Waals surface area contributed by atoms with Gasteiger partial charge in [0.25, 0.3) is 0 Å². The summed E-state index contributed by atoms with van der Waals surface area (Å²) in [7, 11) is 0. The summed E-state index contributed by atoms with van der Waals surface area (Å²) in [6, 6.07) is 8.76. The van der Waals surface area contributed by atoms with Crippen molar-refractivity contribution < 1.29 is 0 Å². The Bertz CT molecular complexity index is 268. The fourth-order valence-corrected chi connectivity index (χ4v) is 2.03. The number of unbranched alkanes of at least 4 members (excludes halogenated alkanes) is 3. The highest BCUT2D eigenvalue weighted by Crippen LogP contribution is 2.18. The fraction of sp³-hybridized carbons (Fsp3) is 0.538. The van der Waals surface area contributed by atoms with Crippen molar-refractivity contribution in [2.24, 2.45) is 5.73 Å². The van der Waals surface area contributed by atoms with E-state index in [9.17, 15) is 0 Å². The topological polar surface area (TPSA) is 26.0 Å². The molecule has 84 valence electrons. The summed E-state index contributed by atoms with van der Waals surface area (Å²) in [6.07, 6.45) is 6.30. The normalized spacial score (nSPS) is 12.7. The maximum absolute atomic E-state index is 6.12. The summed E-state index contributed by atoms with van der Waals surface area (Å²) in [6.45, 7) is 2.24. The lowest BCUT2D eigenvalue weighted by Crippen LogP contribution is -2.09. The van der Waals surface area contributed by atoms with E-state index in [0.29, 0.717) is 0 Å². The van der Waals surface area contributed by atoms with Gasteiger partial charge < -0.3 is 5.73 Å². The van der Waals surface area contributed by atoms with Crippen molar-refractivity contribution in [2.45, 2.75) is 45.1 Å². The molecule has 0 aliphatic heterocycles. The molecule has 0 bridgehead atoms. The minimum atomic E-state index is 0.221. The Labute approximate surface area is 107 Å². The van der Waals surface area contributed by atoms with Gasteiger partial charge in [0.05, 0.1) is 0 Å². The van der Waals surface area contributed by atoms with Gasteiger partial charge in [-0.3, -0.25) is 0 Å². The Hall–Kier alpha value is -0.0900. The van der Waals surface area contributed by atoms with Crippen LogP contribution in [-0.2, 0) is 0 Å². The van der Waals surface area contributed by atoms with Gasteiger partial charge in [0.2, 0.25) is 0 Å². The summed E-state index contributed by atoms with van der Waals surface area (Å²) in [5.41, 5.74) is 7.40. The fourth-order valence-electron chi connectivity index (χ4n) is 1.67. The number of hydrogen-bond donors (Lipinski definition) is 1. The van der Waals surface area contributed by atoms with Crippen LogP contribution < -0.4 is 5.73 Å². The Balaban J connectivity index is 2.33. The third-order valence-corrected chi connectivity index (χ3v) is 3.39. The molecule has 0 heterocycles. The van der Waals surface area contributed by atoms with E-state index in [-0.39, 0.29) is 6.04 Å². The molecule has 1 unspecified atom stereocenters. The molecule has 0 spiro atoms. The largest absolute Gasteiger partial charge is 0.324 e. The third kappa shape index (κ3) is 4.98. The van der Waals surface area contributed by atoms with Crippen molar-refractivity contribution >= 4 is 22.6 Å². The van der Waals surface area contributed by atoms with E-state index in [0.717, 1.165) is 6.42 Å². The van der Waals surface area contributed by atoms with Crippen LogP contribution >= 0.6 is 22.6 Å². The first kappa shape index (κ1) is 13.0. The van der Waals surface area contributed by atoms with Crippen molar-refractivity contribution in [3.05, 3.63) is 33.4 Å². The standard InChI is InChI=1S/C13H20IN/c1-2-3-4-5-6-13(15)11-7-9-12(14)10-8-11/h7-10,13H,2-6,15H2,1H3. The SMILES string of the molecule is CCCCCCC(N)c1ccc(I)cc1. The molecule has 15 heavy (non-hydrogen) atoms. The van der Waals surface area contributed by atoms with Gasteiger partial charge >= 0.3 is 0 Å². The molecule has 0 radical (unpaired) electrons. The molecule has 0 aromatic heterocycles. The van der Waals surface area contributed by atoms with Crippen LogP contribution in [0.2, 0.25) is 0 Å². The zero-order valence-corrected chi connectivity index (χ0v) is 11.5. The molecule has 0 saturated carbocycles. The van der Waals surface area contributed by atoms with Crippen LogP contribution in [0, 0.1) is 3.57 Å². The highest BCUT2D eigenvalue weighted by atomic mass is 127. The second-order valence-corrected chi connectivity index (χ2v) is 5.25. The van der Waals surface area contributed by atoms with Crippen molar-refractivity contribution in [3.8, 4) is 0 Å². The van der Waals surface area contributed by atoms with E-state index in [1.807, 2.05) is 0 Å². The minimum absolute atomic E-state index is 0.221. The summed E-state index contributed by atoms with van der Waals surface area (Å²) in [5.74, 6) is 0. The van der Waals surface area contributed by atoms with Gasteiger partial charge in [-0.15, -0.1) is 0 Å². The van der Waals surface area contributed by atoms with E-state index >= 15 is 0 Å². The average molecular weight is 317 g/mol. The van der Waals surface area contributed by atoms with Crippen LogP contribution in [-0.4, -0.2) is 0 Å². The van der Waals surface area contributed by atoms with Gasteiger partial charge in [0.15, 0.2) is 0 Å². The van der Waals surface area contributed by atoms with Crippen molar-refractivity contribution in [1.29, 1.82) is 0 Å². The second-order valence-electron chi connectivity index (χ2n) is 4.01. The first-order chi connectivity index (χ1) is 7.24. The second kappa shape index (κ2) is 7.23. The van der Waals surface area contributed by atoms with Crippen molar-refractivity contribution in [2.75, 3.05) is 0 Å². The lowest BCUT2D eigenvalue weighted by atomic mass is 10.0. The van der Waals surface area contributed by atoms with Gasteiger partial charge in [-0.2, -0.15) is 0 Å². The average Bonchev–Trinajstić information content (AvgIpc) is 2.25. The molecule has 2 heteroatoms. The van der Waals surface area contributed by atoms with E-state index in [1.54, 1.807) is 0 Å². The van der Waals surface area contributed by atoms with Crippen LogP contribution in [0.3, 0.4) is 0 Å².